The molecule has 354 valence electrons. The lowest BCUT2D eigenvalue weighted by molar-refractivity contribution is 1.06. The molecule has 15 rings (SSSR count). The Morgan fingerprint density at radius 2 is 0.724 bits per heavy atom. The monoisotopic (exact) mass is 968 g/mol. The van der Waals surface area contributed by atoms with Crippen LogP contribution in [0, 0.1) is 0 Å². The van der Waals surface area contributed by atoms with E-state index in [2.05, 4.69) is 251 Å². The van der Waals surface area contributed by atoms with E-state index in [1.165, 1.54) is 49.9 Å². The van der Waals surface area contributed by atoms with E-state index in [-0.39, 0.29) is 6.71 Å². The highest BCUT2D eigenvalue weighted by Crippen LogP contribution is 2.49. The fraction of sp³-hybridized carbons (Fsp3) is 0. The molecule has 2 aliphatic heterocycles. The van der Waals surface area contributed by atoms with Crippen LogP contribution in [-0.2, 0) is 0 Å². The van der Waals surface area contributed by atoms with Gasteiger partial charge in [0, 0.05) is 67.0 Å². The molecule has 0 N–H and O–H groups in total. The van der Waals surface area contributed by atoms with Crippen molar-refractivity contribution < 1.29 is 0 Å². The molecule has 0 saturated carbocycles. The van der Waals surface area contributed by atoms with Crippen LogP contribution >= 0.6 is 0 Å². The van der Waals surface area contributed by atoms with E-state index in [0.717, 1.165) is 67.0 Å². The Hall–Kier alpha value is -10.1. The molecule has 0 radical (unpaired) electrons. The third-order valence-corrected chi connectivity index (χ3v) is 15.2. The Bertz CT molecular complexity index is 4250. The lowest BCUT2D eigenvalue weighted by Gasteiger charge is -2.45. The second kappa shape index (κ2) is 17.8. The number of hydrogen-bond donors (Lipinski definition) is 0. The fourth-order valence-corrected chi connectivity index (χ4v) is 12.0. The summed E-state index contributed by atoms with van der Waals surface area (Å²) >= 11 is 0. The smallest absolute Gasteiger partial charge is 0.252 e. The van der Waals surface area contributed by atoms with E-state index in [1.54, 1.807) is 0 Å². The van der Waals surface area contributed by atoms with E-state index in [4.69, 9.17) is 15.0 Å². The normalized spacial score (nSPS) is 12.4. The maximum atomic E-state index is 5.36. The molecule has 76 heavy (non-hydrogen) atoms. The van der Waals surface area contributed by atoms with Gasteiger partial charge in [-0.25, -0.2) is 15.0 Å². The standard InChI is InChI=1S/C69H45BN6/c1-5-23-46(24-6-1)67-71-68(47-25-7-2-8-26-47)73-69(72-67)56-36-22-35-52(65(56)76-59-39-17-13-33-54(59)55-34-14-18-40-60(55)76)48-27-21-28-49(45-48)53-43-44-63-64-66(53)75(51-31-11-4-12-32-51)62-42-20-16-38-58(62)70(64)57-37-15-19-41-61(57)74(63)50-29-9-3-10-30-50/h1-45H. The van der Waals surface area contributed by atoms with Gasteiger partial charge in [0.1, 0.15) is 0 Å². The van der Waals surface area contributed by atoms with Gasteiger partial charge in [0.15, 0.2) is 17.5 Å². The number of hydrogen-bond acceptors (Lipinski definition) is 5. The molecule has 4 heterocycles. The van der Waals surface area contributed by atoms with Crippen molar-refractivity contribution in [2.24, 2.45) is 0 Å². The number of aromatic nitrogens is 4. The van der Waals surface area contributed by atoms with Gasteiger partial charge in [-0.3, -0.25) is 0 Å². The second-order valence-corrected chi connectivity index (χ2v) is 19.5. The quantitative estimate of drug-likeness (QED) is 0.142. The molecular weight excluding hydrogens is 924 g/mol. The Labute approximate surface area is 441 Å². The zero-order valence-corrected chi connectivity index (χ0v) is 41.2. The first-order valence-electron chi connectivity index (χ1n) is 25.9. The van der Waals surface area contributed by atoms with E-state index >= 15 is 0 Å². The minimum absolute atomic E-state index is 0.0130. The van der Waals surface area contributed by atoms with Crippen LogP contribution in [0.15, 0.2) is 273 Å². The summed E-state index contributed by atoms with van der Waals surface area (Å²) in [5.41, 5.74) is 21.1. The number of benzene rings is 11. The van der Waals surface area contributed by atoms with Crippen LogP contribution in [-0.4, -0.2) is 26.2 Å². The lowest BCUT2D eigenvalue weighted by Crippen LogP contribution is -2.61. The molecule has 0 fully saturated rings. The van der Waals surface area contributed by atoms with Crippen molar-refractivity contribution in [2.45, 2.75) is 0 Å². The van der Waals surface area contributed by atoms with E-state index in [0.29, 0.717) is 17.5 Å². The van der Waals surface area contributed by atoms with Gasteiger partial charge in [0.05, 0.1) is 22.4 Å². The van der Waals surface area contributed by atoms with Crippen molar-refractivity contribution >= 4 is 79.0 Å². The average molecular weight is 969 g/mol. The van der Waals surface area contributed by atoms with Gasteiger partial charge in [-0.1, -0.05) is 206 Å². The zero-order chi connectivity index (χ0) is 50.1. The molecule has 13 aromatic rings. The van der Waals surface area contributed by atoms with Gasteiger partial charge in [-0.2, -0.15) is 0 Å². The molecular formula is C69H45BN6. The minimum atomic E-state index is -0.0130. The first-order chi connectivity index (χ1) is 37.7. The Morgan fingerprint density at radius 1 is 0.289 bits per heavy atom. The van der Waals surface area contributed by atoms with Crippen LogP contribution in [0.25, 0.3) is 83.9 Å². The van der Waals surface area contributed by atoms with Gasteiger partial charge >= 0.3 is 0 Å². The van der Waals surface area contributed by atoms with Gasteiger partial charge in [0.25, 0.3) is 6.71 Å². The van der Waals surface area contributed by atoms with Crippen molar-refractivity contribution in [1.82, 2.24) is 19.5 Å². The first-order valence-corrected chi connectivity index (χ1v) is 25.9. The van der Waals surface area contributed by atoms with E-state index in [9.17, 15) is 0 Å². The third kappa shape index (κ3) is 6.94. The van der Waals surface area contributed by atoms with Crippen molar-refractivity contribution in [3.05, 3.63) is 273 Å². The highest BCUT2D eigenvalue weighted by atomic mass is 15.2. The number of nitrogens with zero attached hydrogens (tertiary/aromatic N) is 6. The highest BCUT2D eigenvalue weighted by molar-refractivity contribution is 7.00. The summed E-state index contributed by atoms with van der Waals surface area (Å²) in [6, 6.07) is 97.9. The molecule has 7 heteroatoms. The van der Waals surface area contributed by atoms with Crippen LogP contribution in [0.3, 0.4) is 0 Å². The van der Waals surface area contributed by atoms with Crippen LogP contribution in [0.5, 0.6) is 0 Å². The van der Waals surface area contributed by atoms with E-state index in [1.807, 2.05) is 36.4 Å². The summed E-state index contributed by atoms with van der Waals surface area (Å²) in [5, 5.41) is 2.35. The molecule has 0 amide bonds. The lowest BCUT2D eigenvalue weighted by atomic mass is 9.33. The van der Waals surface area contributed by atoms with Crippen LogP contribution in [0.2, 0.25) is 0 Å². The second-order valence-electron chi connectivity index (χ2n) is 19.5. The number of anilines is 6. The summed E-state index contributed by atoms with van der Waals surface area (Å²) in [7, 11) is 0. The molecule has 0 aliphatic carbocycles. The minimum Gasteiger partial charge on any atom is -0.311 e. The number of para-hydroxylation sites is 7. The zero-order valence-electron chi connectivity index (χ0n) is 41.2. The van der Waals surface area contributed by atoms with Gasteiger partial charge < -0.3 is 14.4 Å². The van der Waals surface area contributed by atoms with Crippen molar-refractivity contribution in [3.63, 3.8) is 0 Å². The number of rotatable bonds is 8. The largest absolute Gasteiger partial charge is 0.311 e. The fourth-order valence-electron chi connectivity index (χ4n) is 12.0. The van der Waals surface area contributed by atoms with Crippen LogP contribution < -0.4 is 26.2 Å². The molecule has 2 aromatic heterocycles. The molecule has 11 aromatic carbocycles. The number of fused-ring (bicyclic) bond motifs is 7. The van der Waals surface area contributed by atoms with Crippen LogP contribution in [0.1, 0.15) is 0 Å². The first kappa shape index (κ1) is 43.5. The summed E-state index contributed by atoms with van der Waals surface area (Å²) in [5.74, 6) is 1.82. The molecule has 0 saturated heterocycles. The predicted molar refractivity (Wildman–Crippen MR) is 315 cm³/mol. The van der Waals surface area contributed by atoms with Crippen molar-refractivity contribution in [2.75, 3.05) is 9.80 Å². The molecule has 0 unspecified atom stereocenters. The molecule has 0 bridgehead atoms. The van der Waals surface area contributed by atoms with Crippen molar-refractivity contribution in [1.29, 1.82) is 0 Å². The maximum absolute atomic E-state index is 5.36. The third-order valence-electron chi connectivity index (χ3n) is 15.2. The Balaban J connectivity index is 1.00. The summed E-state index contributed by atoms with van der Waals surface area (Å²) < 4.78 is 2.42. The average Bonchev–Trinajstić information content (AvgIpc) is 3.99. The molecule has 6 nitrogen and oxygen atoms in total. The Kier molecular flexibility index (Phi) is 10.2. The topological polar surface area (TPSA) is 50.1 Å². The molecule has 2 aliphatic rings. The summed E-state index contributed by atoms with van der Waals surface area (Å²) in [6.07, 6.45) is 0. The predicted octanol–water partition coefficient (Wildman–Crippen LogP) is 15.4. The van der Waals surface area contributed by atoms with Crippen LogP contribution in [0.4, 0.5) is 34.1 Å². The SMILES string of the molecule is c1ccc(-c2nc(-c3ccccc3)nc(-c3cccc(-c4cccc(-c5ccc6c7c5N(c5ccccc5)c5ccccc5B7c5ccccc5N6c5ccccc5)c4)c3-n3c4ccccc4c4ccccc43)n2)cc1. The van der Waals surface area contributed by atoms with Crippen molar-refractivity contribution in [3.8, 4) is 62.1 Å². The Morgan fingerprint density at radius 3 is 1.32 bits per heavy atom. The summed E-state index contributed by atoms with van der Waals surface area (Å²) in [6.45, 7) is -0.0130. The van der Waals surface area contributed by atoms with Gasteiger partial charge in [0.2, 0.25) is 0 Å². The van der Waals surface area contributed by atoms with Gasteiger partial charge in [-0.15, -0.1) is 0 Å². The van der Waals surface area contributed by atoms with Gasteiger partial charge in [-0.05, 0) is 94.2 Å². The highest BCUT2D eigenvalue weighted by Gasteiger charge is 2.44. The van der Waals surface area contributed by atoms with E-state index < -0.39 is 0 Å². The summed E-state index contributed by atoms with van der Waals surface area (Å²) in [4.78, 5) is 20.8. The maximum Gasteiger partial charge on any atom is 0.252 e. The molecule has 0 atom stereocenters. The molecule has 0 spiro atoms.